The molecule has 0 aromatic heterocycles. The first-order chi connectivity index (χ1) is 40.6. The van der Waals surface area contributed by atoms with Gasteiger partial charge in [0, 0.05) is 12.8 Å². The van der Waals surface area contributed by atoms with E-state index in [0.29, 0.717) is 17.4 Å². The summed E-state index contributed by atoms with van der Waals surface area (Å²) in [4.78, 5) is 37.5. The van der Waals surface area contributed by atoms with Crippen molar-refractivity contribution >= 4 is 17.9 Å². The van der Waals surface area contributed by atoms with Gasteiger partial charge in [-0.15, -0.1) is 0 Å². The van der Waals surface area contributed by atoms with Crippen LogP contribution in [0.2, 0.25) is 0 Å². The van der Waals surface area contributed by atoms with Gasteiger partial charge in [0.15, 0.2) is 12.4 Å². The number of quaternary nitrogens is 1. The molecule has 0 radical (unpaired) electrons. The number of nitrogens with zero attached hydrogens (tertiary/aromatic N) is 1. The van der Waals surface area contributed by atoms with E-state index in [-0.39, 0.29) is 38.6 Å². The summed E-state index contributed by atoms with van der Waals surface area (Å²) in [5.74, 6) is -2.28. The highest BCUT2D eigenvalue weighted by atomic mass is 16.7. The Morgan fingerprint density at radius 1 is 0.361 bits per heavy atom. The Balaban J connectivity index is 4.13. The Morgan fingerprint density at radius 2 is 0.651 bits per heavy atom. The lowest BCUT2D eigenvalue weighted by molar-refractivity contribution is -0.870. The number of hydrogen-bond acceptors (Lipinski definition) is 8. The highest BCUT2D eigenvalue weighted by Crippen LogP contribution is 2.17. The van der Waals surface area contributed by atoms with Crippen LogP contribution in [0.15, 0.2) is 109 Å². The summed E-state index contributed by atoms with van der Waals surface area (Å²) >= 11 is 0. The zero-order valence-corrected chi connectivity index (χ0v) is 54.3. The van der Waals surface area contributed by atoms with E-state index in [0.717, 1.165) is 96.3 Å². The van der Waals surface area contributed by atoms with Crippen LogP contribution in [0.4, 0.5) is 0 Å². The van der Waals surface area contributed by atoms with Crippen LogP contribution < -0.4 is 5.11 Å². The predicted octanol–water partition coefficient (Wildman–Crippen LogP) is 19.7. The maximum atomic E-state index is 12.9. The molecule has 83 heavy (non-hydrogen) atoms. The third kappa shape index (κ3) is 65.3. The molecule has 0 aromatic carbocycles. The molecule has 0 spiro atoms. The highest BCUT2D eigenvalue weighted by molar-refractivity contribution is 5.70. The fourth-order valence-electron chi connectivity index (χ4n) is 9.38. The molecule has 0 saturated heterocycles. The van der Waals surface area contributed by atoms with E-state index in [2.05, 4.69) is 123 Å². The fraction of sp³-hybridized carbons (Fsp3) is 0.716. The minimum atomic E-state index is -1.63. The van der Waals surface area contributed by atoms with E-state index >= 15 is 0 Å². The third-order valence-corrected chi connectivity index (χ3v) is 14.5. The molecule has 2 unspecified atom stereocenters. The van der Waals surface area contributed by atoms with Gasteiger partial charge in [-0.2, -0.15) is 0 Å². The largest absolute Gasteiger partial charge is 0.545 e. The molecule has 0 heterocycles. The standard InChI is InChI=1S/C74H127NO8/c1-6-8-10-12-14-16-18-20-22-24-26-28-30-32-34-36-38-40-42-44-46-48-50-52-54-56-58-60-62-64-71(76)81-68-70(69-82-74(73(78)79)80-67-66-75(3,4)5)83-72(77)65-63-61-59-57-55-53-51-49-47-45-43-41-39-37-35-33-31-29-27-25-23-21-19-17-15-13-11-9-7-2/h8-11,14-17,20-23,26-29,33,35,70,74H,6-7,12-13,18-19,24-25,30-32,34,36-69H2,1-5H3/b10-8-,11-9-,16-14-,17-15-,22-20-,23-21-,28-26-,29-27-,35-33-. The molecule has 0 aliphatic heterocycles. The summed E-state index contributed by atoms with van der Waals surface area (Å²) in [6.45, 7) is 4.54. The van der Waals surface area contributed by atoms with Crippen LogP contribution >= 0.6 is 0 Å². The molecule has 0 bridgehead atoms. The number of hydrogen-bond donors (Lipinski definition) is 0. The summed E-state index contributed by atoms with van der Waals surface area (Å²) in [6.07, 6.45) is 85.9. The molecule has 0 aliphatic carbocycles. The van der Waals surface area contributed by atoms with Gasteiger partial charge in [-0.3, -0.25) is 9.59 Å². The number of ether oxygens (including phenoxy) is 4. The zero-order chi connectivity index (χ0) is 60.5. The average Bonchev–Trinajstić information content (AvgIpc) is 3.46. The van der Waals surface area contributed by atoms with E-state index in [1.54, 1.807) is 0 Å². The van der Waals surface area contributed by atoms with Crippen molar-refractivity contribution in [2.24, 2.45) is 0 Å². The molecule has 0 N–H and O–H groups in total. The molecule has 9 nitrogen and oxygen atoms in total. The number of carboxylic acids is 1. The fourth-order valence-corrected chi connectivity index (χ4v) is 9.38. The van der Waals surface area contributed by atoms with Crippen molar-refractivity contribution in [1.29, 1.82) is 0 Å². The van der Waals surface area contributed by atoms with Crippen molar-refractivity contribution in [2.75, 3.05) is 47.5 Å². The van der Waals surface area contributed by atoms with Gasteiger partial charge in [-0.05, 0) is 96.3 Å². The number of unbranched alkanes of at least 4 members (excludes halogenated alkanes) is 29. The first-order valence-corrected chi connectivity index (χ1v) is 34.0. The van der Waals surface area contributed by atoms with Gasteiger partial charge in [0.1, 0.15) is 13.2 Å². The minimum absolute atomic E-state index is 0.144. The number of aliphatic carboxylic acids is 1. The van der Waals surface area contributed by atoms with Crippen LogP contribution in [0.25, 0.3) is 0 Å². The quantitative estimate of drug-likeness (QED) is 0.0195. The van der Waals surface area contributed by atoms with Crippen LogP contribution in [0.1, 0.15) is 284 Å². The van der Waals surface area contributed by atoms with Crippen LogP contribution in [0.5, 0.6) is 0 Å². The lowest BCUT2D eigenvalue weighted by atomic mass is 10.0. The van der Waals surface area contributed by atoms with E-state index in [1.807, 2.05) is 21.1 Å². The second kappa shape index (κ2) is 64.0. The van der Waals surface area contributed by atoms with Gasteiger partial charge < -0.3 is 33.3 Å². The predicted molar refractivity (Wildman–Crippen MR) is 352 cm³/mol. The van der Waals surface area contributed by atoms with Crippen LogP contribution in [-0.2, 0) is 33.3 Å². The van der Waals surface area contributed by atoms with Crippen molar-refractivity contribution < 1.29 is 42.9 Å². The van der Waals surface area contributed by atoms with Gasteiger partial charge in [-0.25, -0.2) is 0 Å². The van der Waals surface area contributed by atoms with Gasteiger partial charge in [0.25, 0.3) is 0 Å². The number of likely N-dealkylation sites (N-methyl/N-ethyl adjacent to an activating group) is 1. The van der Waals surface area contributed by atoms with Crippen molar-refractivity contribution in [3.8, 4) is 0 Å². The Bertz CT molecular complexity index is 1730. The summed E-state index contributed by atoms with van der Waals surface area (Å²) in [5.41, 5.74) is 0. The number of carbonyl (C=O) groups excluding carboxylic acids is 3. The molecule has 2 atom stereocenters. The van der Waals surface area contributed by atoms with Crippen molar-refractivity contribution in [1.82, 2.24) is 0 Å². The van der Waals surface area contributed by atoms with Crippen molar-refractivity contribution in [2.45, 2.75) is 296 Å². The summed E-state index contributed by atoms with van der Waals surface area (Å²) in [7, 11) is 5.93. The topological polar surface area (TPSA) is 111 Å². The van der Waals surface area contributed by atoms with Crippen LogP contribution in [0.3, 0.4) is 0 Å². The Morgan fingerprint density at radius 3 is 0.964 bits per heavy atom. The molecule has 0 amide bonds. The first-order valence-electron chi connectivity index (χ1n) is 34.0. The molecule has 0 saturated carbocycles. The lowest BCUT2D eigenvalue weighted by Crippen LogP contribution is -2.44. The Kier molecular flexibility index (Phi) is 60.8. The van der Waals surface area contributed by atoms with Crippen molar-refractivity contribution in [3.05, 3.63) is 109 Å². The normalized spacial score (nSPS) is 13.4. The SMILES string of the molecule is CC/C=C\C/C=C\C/C=C\C/C=C\C/C=C\CCCCCCCCCCCCCCCC(=O)OC(COC(=O)CCCCCCCCCCCCCCCCCC/C=C\C/C=C\C/C=C\C/C=C\CC)COC(OCC[N+](C)(C)C)C(=O)[O-]. The maximum Gasteiger partial charge on any atom is 0.306 e. The monoisotopic (exact) mass is 1160 g/mol. The van der Waals surface area contributed by atoms with Crippen LogP contribution in [-0.4, -0.2) is 82.3 Å². The van der Waals surface area contributed by atoms with Gasteiger partial charge in [-0.1, -0.05) is 284 Å². The lowest BCUT2D eigenvalue weighted by Gasteiger charge is -2.26. The number of rotatable bonds is 62. The maximum absolute atomic E-state index is 12.9. The Labute approximate surface area is 511 Å². The van der Waals surface area contributed by atoms with Gasteiger partial charge in [0.2, 0.25) is 0 Å². The molecular formula is C74H127NO8. The average molecular weight is 1160 g/mol. The summed E-state index contributed by atoms with van der Waals surface area (Å²) in [6, 6.07) is 0. The first kappa shape index (κ1) is 79.0. The molecule has 0 aliphatic rings. The molecule has 0 fully saturated rings. The van der Waals surface area contributed by atoms with Gasteiger partial charge in [0.05, 0.1) is 40.3 Å². The second-order valence-corrected chi connectivity index (χ2v) is 23.7. The molecular weight excluding hydrogens is 1030 g/mol. The van der Waals surface area contributed by atoms with E-state index in [9.17, 15) is 19.5 Å². The highest BCUT2D eigenvalue weighted by Gasteiger charge is 2.22. The van der Waals surface area contributed by atoms with Crippen molar-refractivity contribution in [3.63, 3.8) is 0 Å². The van der Waals surface area contributed by atoms with E-state index < -0.39 is 24.3 Å². The number of carboxylic acid groups (broad SMARTS) is 1. The summed E-state index contributed by atoms with van der Waals surface area (Å²) < 4.78 is 22.8. The number of carbonyl (C=O) groups is 3. The van der Waals surface area contributed by atoms with Gasteiger partial charge >= 0.3 is 11.9 Å². The smallest absolute Gasteiger partial charge is 0.306 e. The number of allylic oxidation sites excluding steroid dienone is 18. The summed E-state index contributed by atoms with van der Waals surface area (Å²) in [5, 5.41) is 11.8. The zero-order valence-electron chi connectivity index (χ0n) is 54.3. The molecule has 476 valence electrons. The molecule has 9 heteroatoms. The third-order valence-electron chi connectivity index (χ3n) is 14.5. The molecule has 0 aromatic rings. The number of esters is 2. The Hall–Kier alpha value is -4.05. The van der Waals surface area contributed by atoms with E-state index in [1.165, 1.54) is 154 Å². The second-order valence-electron chi connectivity index (χ2n) is 23.7. The van der Waals surface area contributed by atoms with E-state index in [4.69, 9.17) is 18.9 Å². The minimum Gasteiger partial charge on any atom is -0.545 e. The molecule has 0 rings (SSSR count). The van der Waals surface area contributed by atoms with Crippen LogP contribution in [0, 0.1) is 0 Å².